The summed E-state index contributed by atoms with van der Waals surface area (Å²) in [6, 6.07) is 15.7. The summed E-state index contributed by atoms with van der Waals surface area (Å²) in [6.45, 7) is 3.86. The van der Waals surface area contributed by atoms with Gasteiger partial charge in [0, 0.05) is 36.3 Å². The van der Waals surface area contributed by atoms with Gasteiger partial charge in [0.15, 0.2) is 12.3 Å². The molecule has 2 aliphatic rings. The molecule has 1 saturated heterocycles. The third-order valence-corrected chi connectivity index (χ3v) is 6.85. The number of ether oxygens (including phenoxy) is 1. The molecule has 1 fully saturated rings. The van der Waals surface area contributed by atoms with Crippen LogP contribution in [0.15, 0.2) is 53.3 Å². The first kappa shape index (κ1) is 21.5. The zero-order valence-electron chi connectivity index (χ0n) is 19.6. The molecular weight excluding hydrogens is 442 g/mol. The summed E-state index contributed by atoms with van der Waals surface area (Å²) in [4.78, 5) is 31.3. The minimum atomic E-state index is -0.180. The van der Waals surface area contributed by atoms with Crippen molar-refractivity contribution < 1.29 is 9.53 Å². The Morgan fingerprint density at radius 3 is 2.63 bits per heavy atom. The average molecular weight is 470 g/mol. The van der Waals surface area contributed by atoms with Gasteiger partial charge in [0.25, 0.3) is 11.5 Å². The molecule has 2 N–H and O–H groups in total. The monoisotopic (exact) mass is 469 g/mol. The molecule has 0 spiro atoms. The third-order valence-electron chi connectivity index (χ3n) is 6.85. The van der Waals surface area contributed by atoms with Crippen LogP contribution in [0.3, 0.4) is 0 Å². The van der Waals surface area contributed by atoms with Crippen molar-refractivity contribution in [2.75, 3.05) is 29.9 Å². The molecule has 4 heterocycles. The van der Waals surface area contributed by atoms with Crippen molar-refractivity contribution in [3.63, 3.8) is 0 Å². The van der Waals surface area contributed by atoms with Gasteiger partial charge < -0.3 is 19.9 Å². The van der Waals surface area contributed by atoms with Crippen LogP contribution in [0, 0.1) is 6.92 Å². The molecule has 0 aliphatic carbocycles. The summed E-state index contributed by atoms with van der Waals surface area (Å²) in [5.74, 6) is 0.459. The second-order valence-electron chi connectivity index (χ2n) is 9.25. The van der Waals surface area contributed by atoms with E-state index in [2.05, 4.69) is 15.2 Å². The van der Waals surface area contributed by atoms with Crippen LogP contribution in [0.5, 0.6) is 5.75 Å². The Bertz CT molecular complexity index is 1480. The molecule has 4 aromatic rings. The summed E-state index contributed by atoms with van der Waals surface area (Å²) in [5, 5.41) is 7.67. The highest BCUT2D eigenvalue weighted by Gasteiger charge is 2.25. The van der Waals surface area contributed by atoms with Gasteiger partial charge in [-0.05, 0) is 43.9 Å². The zero-order chi connectivity index (χ0) is 23.9. The van der Waals surface area contributed by atoms with E-state index in [4.69, 9.17) is 9.84 Å². The first-order valence-corrected chi connectivity index (χ1v) is 12.1. The highest BCUT2D eigenvalue weighted by Crippen LogP contribution is 2.35. The second-order valence-corrected chi connectivity index (χ2v) is 9.25. The van der Waals surface area contributed by atoms with E-state index in [0.29, 0.717) is 23.4 Å². The van der Waals surface area contributed by atoms with Crippen molar-refractivity contribution in [2.45, 2.75) is 32.6 Å². The molecular formula is C27H27N5O3. The van der Waals surface area contributed by atoms with E-state index in [1.807, 2.05) is 55.5 Å². The minimum absolute atomic E-state index is 0.0180. The molecule has 0 radical (unpaired) electrons. The van der Waals surface area contributed by atoms with Crippen molar-refractivity contribution in [3.8, 4) is 17.0 Å². The smallest absolute Gasteiger partial charge is 0.278 e. The van der Waals surface area contributed by atoms with Crippen LogP contribution in [0.2, 0.25) is 0 Å². The molecule has 35 heavy (non-hydrogen) atoms. The van der Waals surface area contributed by atoms with Gasteiger partial charge in [0.1, 0.15) is 17.1 Å². The van der Waals surface area contributed by atoms with E-state index < -0.39 is 0 Å². The maximum atomic E-state index is 13.7. The Morgan fingerprint density at radius 2 is 1.83 bits per heavy atom. The van der Waals surface area contributed by atoms with Crippen molar-refractivity contribution in [2.24, 2.45) is 0 Å². The number of carbonyl (C=O) groups excluding carboxylic acids is 1. The van der Waals surface area contributed by atoms with Crippen LogP contribution in [-0.2, 0) is 11.2 Å². The topological polar surface area (TPSA) is 91.7 Å². The van der Waals surface area contributed by atoms with Crippen LogP contribution in [0.1, 0.15) is 36.1 Å². The largest absolute Gasteiger partial charge is 0.482 e. The Morgan fingerprint density at radius 1 is 1.03 bits per heavy atom. The number of rotatable bonds is 4. The number of amides is 1. The number of hydrogen-bond donors (Lipinski definition) is 2. The minimum Gasteiger partial charge on any atom is -0.482 e. The standard InChI is InChI=1S/C27H27N5O3/c1-17-20(14-18-10-11-22-21(15-18)29-23(33)16-35-22)27(34)32-26(28-17)25(31-12-6-3-7-13-31)24(30-32)19-8-4-2-5-9-19/h2,4-5,8-11,15,28H,3,6-7,12-14,16H2,1H3,(H,29,33). The molecule has 2 aromatic heterocycles. The van der Waals surface area contributed by atoms with Crippen molar-refractivity contribution in [3.05, 3.63) is 75.7 Å². The van der Waals surface area contributed by atoms with Crippen LogP contribution in [-0.4, -0.2) is 40.2 Å². The first-order chi connectivity index (χ1) is 17.1. The Labute approximate surface area is 202 Å². The van der Waals surface area contributed by atoms with Gasteiger partial charge in [-0.25, -0.2) is 0 Å². The molecule has 8 nitrogen and oxygen atoms in total. The van der Waals surface area contributed by atoms with Gasteiger partial charge in [0.05, 0.1) is 5.69 Å². The fourth-order valence-corrected chi connectivity index (χ4v) is 5.07. The van der Waals surface area contributed by atoms with Gasteiger partial charge >= 0.3 is 0 Å². The number of H-pyrrole nitrogens is 1. The van der Waals surface area contributed by atoms with E-state index in [0.717, 1.165) is 59.8 Å². The summed E-state index contributed by atoms with van der Waals surface area (Å²) >= 11 is 0. The molecule has 0 bridgehead atoms. The third kappa shape index (κ3) is 3.84. The second kappa shape index (κ2) is 8.61. The number of aromatic amines is 1. The summed E-state index contributed by atoms with van der Waals surface area (Å²) < 4.78 is 6.99. The number of anilines is 2. The predicted octanol–water partition coefficient (Wildman–Crippen LogP) is 3.91. The number of nitrogens with zero attached hydrogens (tertiary/aromatic N) is 3. The van der Waals surface area contributed by atoms with Crippen molar-refractivity contribution in [1.82, 2.24) is 14.6 Å². The molecule has 2 aliphatic heterocycles. The van der Waals surface area contributed by atoms with Gasteiger partial charge in [-0.1, -0.05) is 36.4 Å². The van der Waals surface area contributed by atoms with Crippen LogP contribution >= 0.6 is 0 Å². The van der Waals surface area contributed by atoms with Crippen LogP contribution < -0.4 is 20.5 Å². The first-order valence-electron chi connectivity index (χ1n) is 12.1. The fourth-order valence-electron chi connectivity index (χ4n) is 5.07. The Balaban J connectivity index is 1.46. The number of hydrogen-bond acceptors (Lipinski definition) is 5. The molecule has 0 unspecified atom stereocenters. The SMILES string of the molecule is Cc1[nH]c2c(N3CCCCC3)c(-c3ccccc3)nn2c(=O)c1Cc1ccc2c(c1)NC(=O)CO2. The van der Waals surface area contributed by atoms with E-state index in [1.165, 1.54) is 10.9 Å². The van der Waals surface area contributed by atoms with Gasteiger partial charge in [-0.2, -0.15) is 9.61 Å². The van der Waals surface area contributed by atoms with Crippen molar-refractivity contribution >= 4 is 22.9 Å². The Kier molecular flexibility index (Phi) is 5.28. The lowest BCUT2D eigenvalue weighted by Gasteiger charge is -2.28. The number of piperidine rings is 1. The zero-order valence-corrected chi connectivity index (χ0v) is 19.6. The Hall–Kier alpha value is -4.07. The summed E-state index contributed by atoms with van der Waals surface area (Å²) in [7, 11) is 0. The molecule has 2 aromatic carbocycles. The van der Waals surface area contributed by atoms with Gasteiger partial charge in [-0.15, -0.1) is 0 Å². The fraction of sp³-hybridized carbons (Fsp3) is 0.296. The highest BCUT2D eigenvalue weighted by molar-refractivity contribution is 5.95. The predicted molar refractivity (Wildman–Crippen MR) is 135 cm³/mol. The molecule has 0 saturated carbocycles. The number of aromatic nitrogens is 3. The van der Waals surface area contributed by atoms with Gasteiger partial charge in [-0.3, -0.25) is 9.59 Å². The molecule has 8 heteroatoms. The lowest BCUT2D eigenvalue weighted by atomic mass is 10.0. The van der Waals surface area contributed by atoms with E-state index >= 15 is 0 Å². The number of benzene rings is 2. The maximum Gasteiger partial charge on any atom is 0.278 e. The lowest BCUT2D eigenvalue weighted by molar-refractivity contribution is -0.118. The van der Waals surface area contributed by atoms with E-state index in [1.54, 1.807) is 0 Å². The van der Waals surface area contributed by atoms with E-state index in [-0.39, 0.29) is 18.1 Å². The van der Waals surface area contributed by atoms with Crippen LogP contribution in [0.25, 0.3) is 16.9 Å². The van der Waals surface area contributed by atoms with Crippen LogP contribution in [0.4, 0.5) is 11.4 Å². The molecule has 0 atom stereocenters. The number of carbonyl (C=O) groups is 1. The number of nitrogens with one attached hydrogen (secondary N) is 2. The maximum absolute atomic E-state index is 13.7. The summed E-state index contributed by atoms with van der Waals surface area (Å²) in [5.41, 5.74) is 6.43. The normalized spacial score (nSPS) is 15.6. The highest BCUT2D eigenvalue weighted by atomic mass is 16.5. The van der Waals surface area contributed by atoms with Gasteiger partial charge in [0.2, 0.25) is 0 Å². The van der Waals surface area contributed by atoms with Crippen molar-refractivity contribution in [1.29, 1.82) is 0 Å². The average Bonchev–Trinajstić information content (AvgIpc) is 3.27. The molecule has 178 valence electrons. The molecule has 1 amide bonds. The number of fused-ring (bicyclic) bond motifs is 2. The van der Waals surface area contributed by atoms with E-state index in [9.17, 15) is 9.59 Å². The summed E-state index contributed by atoms with van der Waals surface area (Å²) in [6.07, 6.45) is 3.90. The quantitative estimate of drug-likeness (QED) is 0.473. The lowest BCUT2D eigenvalue weighted by Crippen LogP contribution is -2.30. The molecule has 6 rings (SSSR count). The number of aryl methyl sites for hydroxylation is 1.